The van der Waals surface area contributed by atoms with Crippen molar-refractivity contribution < 1.29 is 19.1 Å². The molecule has 0 aromatic heterocycles. The topological polar surface area (TPSA) is 82.2 Å². The zero-order valence-corrected chi connectivity index (χ0v) is 18.7. The van der Waals surface area contributed by atoms with Crippen LogP contribution in [0.1, 0.15) is 20.7 Å². The molecule has 0 saturated carbocycles. The van der Waals surface area contributed by atoms with Gasteiger partial charge in [-0.2, -0.15) is 0 Å². The van der Waals surface area contributed by atoms with Crippen molar-refractivity contribution >= 4 is 23.3 Å². The molecule has 4 rings (SSSR count). The highest BCUT2D eigenvalue weighted by atomic mass is 16.5. The molecule has 0 radical (unpaired) electrons. The maximum Gasteiger partial charge on any atom is 0.255 e. The Kier molecular flexibility index (Phi) is 7.83. The van der Waals surface area contributed by atoms with E-state index in [1.807, 2.05) is 23.1 Å². The highest BCUT2D eigenvalue weighted by molar-refractivity contribution is 6.04. The van der Waals surface area contributed by atoms with Crippen LogP contribution in [-0.2, 0) is 9.53 Å². The number of Topliss-reactive ketones (excluding diaryl/α,β-unsaturated/α-hetero) is 1. The van der Waals surface area contributed by atoms with Gasteiger partial charge in [0.25, 0.3) is 5.91 Å². The average Bonchev–Trinajstić information content (AvgIpc) is 2.86. The van der Waals surface area contributed by atoms with Crippen LogP contribution < -0.4 is 5.32 Å². The maximum atomic E-state index is 12.7. The minimum Gasteiger partial charge on any atom is -0.378 e. The second-order valence-corrected chi connectivity index (χ2v) is 8.37. The molecule has 0 aliphatic carbocycles. The highest BCUT2D eigenvalue weighted by Crippen LogP contribution is 2.13. The number of anilines is 1. The summed E-state index contributed by atoms with van der Waals surface area (Å²) < 4.78 is 5.30. The molecule has 8 nitrogen and oxygen atoms in total. The first-order chi connectivity index (χ1) is 16.1. The molecule has 0 bridgehead atoms. The fourth-order valence-corrected chi connectivity index (χ4v) is 4.04. The summed E-state index contributed by atoms with van der Waals surface area (Å²) in [5, 5.41) is 2.85. The van der Waals surface area contributed by atoms with Crippen LogP contribution in [-0.4, -0.2) is 97.9 Å². The number of nitrogens with one attached hydrogen (secondary N) is 1. The lowest BCUT2D eigenvalue weighted by molar-refractivity contribution is -0.136. The Balaban J connectivity index is 1.21. The number of benzene rings is 2. The average molecular weight is 451 g/mol. The van der Waals surface area contributed by atoms with E-state index in [1.54, 1.807) is 36.4 Å². The fourth-order valence-electron chi connectivity index (χ4n) is 4.04. The largest absolute Gasteiger partial charge is 0.378 e. The number of nitrogens with zero attached hydrogens (tertiary/aromatic N) is 3. The Morgan fingerprint density at radius 3 is 1.97 bits per heavy atom. The molecule has 2 aromatic carbocycles. The molecule has 8 heteroatoms. The summed E-state index contributed by atoms with van der Waals surface area (Å²) >= 11 is 0. The summed E-state index contributed by atoms with van der Waals surface area (Å²) in [4.78, 5) is 43.5. The molecular formula is C25H30N4O4. The summed E-state index contributed by atoms with van der Waals surface area (Å²) in [7, 11) is 0. The predicted octanol–water partition coefficient (Wildman–Crippen LogP) is 1.60. The minimum atomic E-state index is -0.181. The van der Waals surface area contributed by atoms with Gasteiger partial charge in [0, 0.05) is 56.1 Å². The number of morpholine rings is 1. The standard InChI is InChI=1S/C25H30N4O4/c30-23(20-6-8-22(9-7-20)26-25(32)21-4-2-1-3-5-21)18-27-10-12-28(13-11-27)19-24(31)29-14-16-33-17-15-29/h1-9H,10-19H2,(H,26,32). The van der Waals surface area contributed by atoms with Gasteiger partial charge in [0.05, 0.1) is 26.3 Å². The molecule has 2 fully saturated rings. The summed E-state index contributed by atoms with van der Waals surface area (Å²) in [6, 6.07) is 16.0. The molecular weight excluding hydrogens is 420 g/mol. The van der Waals surface area contributed by atoms with Gasteiger partial charge in [-0.3, -0.25) is 24.2 Å². The SMILES string of the molecule is O=C(CN1CCN(CC(=O)N2CCOCC2)CC1)c1ccc(NC(=O)c2ccccc2)cc1. The summed E-state index contributed by atoms with van der Waals surface area (Å²) in [6.45, 7) is 6.40. The van der Waals surface area contributed by atoms with E-state index < -0.39 is 0 Å². The molecule has 2 saturated heterocycles. The first kappa shape index (κ1) is 23.1. The van der Waals surface area contributed by atoms with Gasteiger partial charge in [0.2, 0.25) is 5.91 Å². The van der Waals surface area contributed by atoms with E-state index in [0.717, 1.165) is 26.2 Å². The number of ketones is 1. The number of rotatable bonds is 7. The van der Waals surface area contributed by atoms with Crippen molar-refractivity contribution in [1.29, 1.82) is 0 Å². The molecule has 1 N–H and O–H groups in total. The number of piperazine rings is 1. The lowest BCUT2D eigenvalue weighted by atomic mass is 10.1. The van der Waals surface area contributed by atoms with Gasteiger partial charge in [-0.15, -0.1) is 0 Å². The third-order valence-electron chi connectivity index (χ3n) is 6.06. The van der Waals surface area contributed by atoms with E-state index in [1.165, 1.54) is 0 Å². The van der Waals surface area contributed by atoms with Crippen molar-refractivity contribution in [2.24, 2.45) is 0 Å². The molecule has 2 aliphatic rings. The van der Waals surface area contributed by atoms with Gasteiger partial charge in [-0.1, -0.05) is 18.2 Å². The molecule has 0 unspecified atom stereocenters. The molecule has 174 valence electrons. The van der Waals surface area contributed by atoms with Crippen LogP contribution in [0.15, 0.2) is 54.6 Å². The second-order valence-electron chi connectivity index (χ2n) is 8.37. The molecule has 2 aliphatic heterocycles. The van der Waals surface area contributed by atoms with Crippen LogP contribution in [0.3, 0.4) is 0 Å². The van der Waals surface area contributed by atoms with Gasteiger partial charge in [-0.25, -0.2) is 0 Å². The zero-order chi connectivity index (χ0) is 23.0. The first-order valence-corrected chi connectivity index (χ1v) is 11.4. The first-order valence-electron chi connectivity index (χ1n) is 11.4. The van der Waals surface area contributed by atoms with Crippen molar-refractivity contribution in [3.63, 3.8) is 0 Å². The Morgan fingerprint density at radius 1 is 0.727 bits per heavy atom. The molecule has 2 amide bonds. The van der Waals surface area contributed by atoms with Crippen LogP contribution in [0.4, 0.5) is 5.69 Å². The monoisotopic (exact) mass is 450 g/mol. The number of hydrogen-bond acceptors (Lipinski definition) is 6. The number of amides is 2. The van der Waals surface area contributed by atoms with E-state index in [9.17, 15) is 14.4 Å². The van der Waals surface area contributed by atoms with Crippen LogP contribution in [0.2, 0.25) is 0 Å². The van der Waals surface area contributed by atoms with Crippen LogP contribution in [0, 0.1) is 0 Å². The lowest BCUT2D eigenvalue weighted by Gasteiger charge is -2.35. The minimum absolute atomic E-state index is 0.0498. The van der Waals surface area contributed by atoms with Crippen molar-refractivity contribution in [2.45, 2.75) is 0 Å². The van der Waals surface area contributed by atoms with Gasteiger partial charge in [-0.05, 0) is 36.4 Å². The molecule has 2 heterocycles. The van der Waals surface area contributed by atoms with E-state index >= 15 is 0 Å². The summed E-state index contributed by atoms with van der Waals surface area (Å²) in [5.41, 5.74) is 1.86. The van der Waals surface area contributed by atoms with Crippen molar-refractivity contribution in [3.8, 4) is 0 Å². The number of ether oxygens (including phenoxy) is 1. The molecule has 33 heavy (non-hydrogen) atoms. The summed E-state index contributed by atoms with van der Waals surface area (Å²) in [6.07, 6.45) is 0. The maximum absolute atomic E-state index is 12.7. The Bertz CT molecular complexity index is 950. The Labute approximate surface area is 194 Å². The Hall–Kier alpha value is -3.07. The smallest absolute Gasteiger partial charge is 0.255 e. The van der Waals surface area contributed by atoms with E-state index in [4.69, 9.17) is 4.74 Å². The Morgan fingerprint density at radius 2 is 1.33 bits per heavy atom. The third-order valence-corrected chi connectivity index (χ3v) is 6.06. The fraction of sp³-hybridized carbons (Fsp3) is 0.400. The lowest BCUT2D eigenvalue weighted by Crippen LogP contribution is -2.52. The van der Waals surface area contributed by atoms with Gasteiger partial charge in [0.15, 0.2) is 5.78 Å². The van der Waals surface area contributed by atoms with Crippen molar-refractivity contribution in [2.75, 3.05) is 70.9 Å². The highest BCUT2D eigenvalue weighted by Gasteiger charge is 2.24. The normalized spacial score (nSPS) is 17.5. The second kappa shape index (κ2) is 11.2. The van der Waals surface area contributed by atoms with E-state index in [-0.39, 0.29) is 17.6 Å². The molecule has 2 aromatic rings. The van der Waals surface area contributed by atoms with Crippen LogP contribution in [0.25, 0.3) is 0 Å². The van der Waals surface area contributed by atoms with Crippen molar-refractivity contribution in [3.05, 3.63) is 65.7 Å². The molecule has 0 spiro atoms. The third kappa shape index (κ3) is 6.47. The molecule has 0 atom stereocenters. The zero-order valence-electron chi connectivity index (χ0n) is 18.7. The quantitative estimate of drug-likeness (QED) is 0.646. The van der Waals surface area contributed by atoms with Crippen molar-refractivity contribution in [1.82, 2.24) is 14.7 Å². The van der Waals surface area contributed by atoms with E-state index in [0.29, 0.717) is 56.2 Å². The van der Waals surface area contributed by atoms with Gasteiger partial charge < -0.3 is 15.0 Å². The number of carbonyl (C=O) groups is 3. The van der Waals surface area contributed by atoms with Gasteiger partial charge in [0.1, 0.15) is 0 Å². The summed E-state index contributed by atoms with van der Waals surface area (Å²) in [5.74, 6) is 0.0238. The van der Waals surface area contributed by atoms with Crippen LogP contribution >= 0.6 is 0 Å². The van der Waals surface area contributed by atoms with Crippen LogP contribution in [0.5, 0.6) is 0 Å². The predicted molar refractivity (Wildman–Crippen MR) is 125 cm³/mol. The van der Waals surface area contributed by atoms with Gasteiger partial charge >= 0.3 is 0 Å². The number of carbonyl (C=O) groups excluding carboxylic acids is 3. The number of hydrogen-bond donors (Lipinski definition) is 1. The van der Waals surface area contributed by atoms with E-state index in [2.05, 4.69) is 15.1 Å².